The van der Waals surface area contributed by atoms with Gasteiger partial charge in [0.05, 0.1) is 18.2 Å². The van der Waals surface area contributed by atoms with Gasteiger partial charge in [-0.25, -0.2) is 0 Å². The minimum Gasteiger partial charge on any atom is -0.392 e. The van der Waals surface area contributed by atoms with Crippen molar-refractivity contribution in [1.82, 2.24) is 15.1 Å². The molecule has 3 N–H and O–H groups in total. The summed E-state index contributed by atoms with van der Waals surface area (Å²) >= 11 is 0. The Labute approximate surface area is 377 Å². The van der Waals surface area contributed by atoms with Gasteiger partial charge in [0.15, 0.2) is 0 Å². The number of unbranched alkanes of at least 4 members (excludes halogenated alkanes) is 27. The molecule has 61 heavy (non-hydrogen) atoms. The maximum Gasteiger partial charge on any atom is 0.220 e. The van der Waals surface area contributed by atoms with Gasteiger partial charge in [-0.2, -0.15) is 0 Å². The Hall–Kier alpha value is -1.68. The molecule has 0 spiro atoms. The summed E-state index contributed by atoms with van der Waals surface area (Å²) in [5.41, 5.74) is 0. The van der Waals surface area contributed by atoms with Crippen LogP contribution < -0.4 is 5.32 Å². The van der Waals surface area contributed by atoms with E-state index in [0.717, 1.165) is 128 Å². The molecule has 0 saturated carbocycles. The van der Waals surface area contributed by atoms with Crippen molar-refractivity contribution in [3.05, 3.63) is 0 Å². The normalized spacial score (nSPS) is 13.1. The van der Waals surface area contributed by atoms with Gasteiger partial charge in [0.2, 0.25) is 5.91 Å². The summed E-state index contributed by atoms with van der Waals surface area (Å²) in [5, 5.41) is 24.9. The quantitative estimate of drug-likeness (QED) is 0.0407. The van der Waals surface area contributed by atoms with E-state index < -0.39 is 18.2 Å². The molecule has 0 aliphatic heterocycles. The van der Waals surface area contributed by atoms with Gasteiger partial charge in [0.25, 0.3) is 0 Å². The molecule has 0 bridgehead atoms. The lowest BCUT2D eigenvalue weighted by atomic mass is 10.0. The van der Waals surface area contributed by atoms with Crippen LogP contribution in [-0.4, -0.2) is 102 Å². The Morgan fingerprint density at radius 2 is 0.787 bits per heavy atom. The van der Waals surface area contributed by atoms with E-state index in [9.17, 15) is 29.4 Å². The van der Waals surface area contributed by atoms with Crippen molar-refractivity contribution < 1.29 is 29.4 Å². The summed E-state index contributed by atoms with van der Waals surface area (Å²) in [6.07, 6.45) is 42.0. The molecule has 0 aromatic carbocycles. The van der Waals surface area contributed by atoms with Crippen LogP contribution in [0.25, 0.3) is 0 Å². The monoisotopic (exact) mass is 864 g/mol. The summed E-state index contributed by atoms with van der Waals surface area (Å²) in [5.74, 6) is -0.0980. The molecule has 3 unspecified atom stereocenters. The highest BCUT2D eigenvalue weighted by atomic mass is 16.3. The van der Waals surface area contributed by atoms with Gasteiger partial charge in [-0.15, -0.1) is 0 Å². The van der Waals surface area contributed by atoms with Crippen LogP contribution in [0.15, 0.2) is 0 Å². The highest BCUT2D eigenvalue weighted by Gasteiger charge is 2.17. The van der Waals surface area contributed by atoms with Crippen LogP contribution >= 0.6 is 0 Å². The summed E-state index contributed by atoms with van der Waals surface area (Å²) in [6.45, 7) is 9.51. The summed E-state index contributed by atoms with van der Waals surface area (Å²) in [6, 6.07) is -0.458. The largest absolute Gasteiger partial charge is 0.392 e. The predicted molar refractivity (Wildman–Crippen MR) is 257 cm³/mol. The zero-order valence-electron chi connectivity index (χ0n) is 40.3. The lowest BCUT2D eigenvalue weighted by molar-refractivity contribution is -0.124. The molecule has 0 heterocycles. The molecular weight excluding hydrogens is 763 g/mol. The Morgan fingerprint density at radius 3 is 1.18 bits per heavy atom. The van der Waals surface area contributed by atoms with Crippen molar-refractivity contribution >= 4 is 24.8 Å². The highest BCUT2D eigenvalue weighted by molar-refractivity contribution is 5.79. The van der Waals surface area contributed by atoms with Crippen molar-refractivity contribution in [2.24, 2.45) is 0 Å². The maximum absolute atomic E-state index is 12.9. The molecule has 1 amide bonds. The SMILES string of the molecule is CCCCCCCCCCC(O)CN(CCCC(=O)NC(C=O)CCCCCCN(CCCCCCCC=O)CCCCCCCC=O)CC(O)CCCCCCCCCC. The summed E-state index contributed by atoms with van der Waals surface area (Å²) in [4.78, 5) is 50.8. The number of hydrogen-bond donors (Lipinski definition) is 3. The summed E-state index contributed by atoms with van der Waals surface area (Å²) in [7, 11) is 0. The fourth-order valence-corrected chi connectivity index (χ4v) is 8.56. The first-order valence-corrected chi connectivity index (χ1v) is 26.3. The van der Waals surface area contributed by atoms with Crippen LogP contribution in [0.3, 0.4) is 0 Å². The smallest absolute Gasteiger partial charge is 0.220 e. The van der Waals surface area contributed by atoms with Gasteiger partial charge in [0.1, 0.15) is 18.9 Å². The number of hydrogen-bond acceptors (Lipinski definition) is 8. The zero-order valence-corrected chi connectivity index (χ0v) is 40.3. The van der Waals surface area contributed by atoms with Gasteiger partial charge < -0.3 is 34.8 Å². The van der Waals surface area contributed by atoms with Gasteiger partial charge in [-0.1, -0.05) is 174 Å². The van der Waals surface area contributed by atoms with Crippen LogP contribution in [0, 0.1) is 0 Å². The number of carbonyl (C=O) groups is 4. The minimum absolute atomic E-state index is 0.0980. The molecule has 0 aliphatic rings. The lowest BCUT2D eigenvalue weighted by Gasteiger charge is -2.27. The number of aldehydes is 3. The average molecular weight is 864 g/mol. The van der Waals surface area contributed by atoms with E-state index in [-0.39, 0.29) is 5.91 Å². The Bertz CT molecular complexity index is 904. The van der Waals surface area contributed by atoms with Gasteiger partial charge in [-0.3, -0.25) is 9.69 Å². The fourth-order valence-electron chi connectivity index (χ4n) is 8.56. The predicted octanol–water partition coefficient (Wildman–Crippen LogP) is 11.9. The van der Waals surface area contributed by atoms with Gasteiger partial charge in [0, 0.05) is 32.4 Å². The number of aliphatic hydroxyl groups excluding tert-OH is 2. The first-order valence-electron chi connectivity index (χ1n) is 26.3. The second-order valence-corrected chi connectivity index (χ2v) is 18.5. The topological polar surface area (TPSA) is 127 Å². The standard InChI is InChI=1S/C52H101N3O6/c1-3-5-7-9-11-13-19-28-37-50(59)46-55(47-51(60)38-29-20-14-12-10-8-6-4-2)43-35-39-52(61)53-49(48-58)36-27-21-24-32-42-54(40-30-22-15-17-25-33-44-56)41-31-23-16-18-26-34-45-57/h44-45,48-51,59-60H,3-43,46-47H2,1-2H3,(H,53,61). The molecule has 0 fully saturated rings. The van der Waals surface area contributed by atoms with E-state index in [1.165, 1.54) is 116 Å². The van der Waals surface area contributed by atoms with Crippen molar-refractivity contribution in [2.45, 2.75) is 270 Å². The molecule has 0 aromatic heterocycles. The molecule has 360 valence electrons. The number of rotatable bonds is 51. The molecular formula is C52H101N3O6. The number of nitrogens with zero attached hydrogens (tertiary/aromatic N) is 2. The van der Waals surface area contributed by atoms with E-state index in [1.54, 1.807) is 0 Å². The maximum atomic E-state index is 12.9. The molecule has 0 aliphatic carbocycles. The molecule has 3 atom stereocenters. The number of amides is 1. The molecule has 9 nitrogen and oxygen atoms in total. The highest BCUT2D eigenvalue weighted by Crippen LogP contribution is 2.15. The molecule has 0 saturated heterocycles. The zero-order chi connectivity index (χ0) is 44.7. The van der Waals surface area contributed by atoms with E-state index in [0.29, 0.717) is 51.7 Å². The third kappa shape index (κ3) is 43.4. The number of nitrogens with one attached hydrogen (secondary N) is 1. The second-order valence-electron chi connectivity index (χ2n) is 18.5. The fraction of sp³-hybridized carbons (Fsp3) is 0.923. The Kier molecular flexibility index (Phi) is 46.5. The van der Waals surface area contributed by atoms with Crippen molar-refractivity contribution in [3.63, 3.8) is 0 Å². The third-order valence-electron chi connectivity index (χ3n) is 12.4. The molecule has 0 radical (unpaired) electrons. The van der Waals surface area contributed by atoms with E-state index >= 15 is 0 Å². The van der Waals surface area contributed by atoms with Crippen molar-refractivity contribution in [1.29, 1.82) is 0 Å². The van der Waals surface area contributed by atoms with Crippen molar-refractivity contribution in [2.75, 3.05) is 39.3 Å². The second kappa shape index (κ2) is 47.8. The van der Waals surface area contributed by atoms with Crippen LogP contribution in [0.4, 0.5) is 0 Å². The first kappa shape index (κ1) is 59.3. The third-order valence-corrected chi connectivity index (χ3v) is 12.4. The number of carbonyl (C=O) groups excluding carboxylic acids is 4. The Balaban J connectivity index is 4.69. The van der Waals surface area contributed by atoms with E-state index in [2.05, 4.69) is 29.0 Å². The van der Waals surface area contributed by atoms with Gasteiger partial charge in [-0.05, 0) is 84.0 Å². The number of aliphatic hydroxyl groups is 2. The van der Waals surface area contributed by atoms with Crippen molar-refractivity contribution in [3.8, 4) is 0 Å². The van der Waals surface area contributed by atoms with E-state index in [1.807, 2.05) is 0 Å². The van der Waals surface area contributed by atoms with Crippen LogP contribution in [0.2, 0.25) is 0 Å². The van der Waals surface area contributed by atoms with Crippen LogP contribution in [-0.2, 0) is 19.2 Å². The van der Waals surface area contributed by atoms with E-state index in [4.69, 9.17) is 0 Å². The molecule has 0 rings (SSSR count). The Morgan fingerprint density at radius 1 is 0.443 bits per heavy atom. The summed E-state index contributed by atoms with van der Waals surface area (Å²) < 4.78 is 0. The van der Waals surface area contributed by atoms with Gasteiger partial charge >= 0.3 is 0 Å². The molecule has 0 aromatic rings. The van der Waals surface area contributed by atoms with Crippen LogP contribution in [0.1, 0.15) is 251 Å². The average Bonchev–Trinajstić information content (AvgIpc) is 3.25. The first-order chi connectivity index (χ1) is 29.9. The minimum atomic E-state index is -0.458. The van der Waals surface area contributed by atoms with Crippen LogP contribution in [0.5, 0.6) is 0 Å². The lowest BCUT2D eigenvalue weighted by Crippen LogP contribution is -2.40. The molecule has 9 heteroatoms.